The lowest BCUT2D eigenvalue weighted by Crippen LogP contribution is -2.38. The third-order valence-electron chi connectivity index (χ3n) is 6.58. The molecule has 0 spiro atoms. The van der Waals surface area contributed by atoms with Crippen molar-refractivity contribution in [3.05, 3.63) is 75.0 Å². The molecule has 0 N–H and O–H groups in total. The molecule has 1 heterocycles. The van der Waals surface area contributed by atoms with Crippen LogP contribution >= 0.6 is 15.9 Å². The summed E-state index contributed by atoms with van der Waals surface area (Å²) in [6, 6.07) is 16.3. The molecule has 1 fully saturated rings. The molecule has 1 aromatic heterocycles. The van der Waals surface area contributed by atoms with Crippen LogP contribution in [0, 0.1) is 5.92 Å². The maximum atomic E-state index is 13.5. The molecule has 4 rings (SSSR count). The lowest BCUT2D eigenvalue weighted by Gasteiger charge is -2.22. The standard InChI is InChI=1S/C27H29BrN2O3/c1-2-29(22-15-13-21(28)14-16-22)26(32)23-18-20-10-6-7-11-24(20)30(27(23)33)25(31)17-12-19-8-4-3-5-9-19/h6-7,10-11,13-16,18-19H,2-5,8-9,12,17H2,1H3. The second-order valence-electron chi connectivity index (χ2n) is 8.72. The van der Waals surface area contributed by atoms with Crippen molar-refractivity contribution in [1.82, 2.24) is 4.57 Å². The second-order valence-corrected chi connectivity index (χ2v) is 9.64. The molecule has 0 bridgehead atoms. The molecular formula is C27H29BrN2O3. The summed E-state index contributed by atoms with van der Waals surface area (Å²) >= 11 is 3.41. The molecule has 1 saturated carbocycles. The van der Waals surface area contributed by atoms with E-state index in [1.807, 2.05) is 49.4 Å². The molecule has 0 atom stereocenters. The third-order valence-corrected chi connectivity index (χ3v) is 7.11. The minimum absolute atomic E-state index is 0.0180. The van der Waals surface area contributed by atoms with Crippen LogP contribution in [0.4, 0.5) is 5.69 Å². The quantitative estimate of drug-likeness (QED) is 0.385. The van der Waals surface area contributed by atoms with Crippen molar-refractivity contribution >= 4 is 44.3 Å². The van der Waals surface area contributed by atoms with Crippen molar-refractivity contribution in [3.63, 3.8) is 0 Å². The molecule has 1 amide bonds. The van der Waals surface area contributed by atoms with Gasteiger partial charge in [0.1, 0.15) is 5.56 Å². The van der Waals surface area contributed by atoms with Crippen molar-refractivity contribution in [1.29, 1.82) is 0 Å². The Morgan fingerprint density at radius 3 is 2.42 bits per heavy atom. The van der Waals surface area contributed by atoms with Crippen LogP contribution in [0.3, 0.4) is 0 Å². The fourth-order valence-electron chi connectivity index (χ4n) is 4.79. The Labute approximate surface area is 202 Å². The topological polar surface area (TPSA) is 59.4 Å². The van der Waals surface area contributed by atoms with Gasteiger partial charge >= 0.3 is 0 Å². The highest BCUT2D eigenvalue weighted by molar-refractivity contribution is 9.10. The van der Waals surface area contributed by atoms with E-state index in [1.54, 1.807) is 17.0 Å². The van der Waals surface area contributed by atoms with Crippen LogP contribution in [0.1, 0.15) is 67.0 Å². The number of amides is 1. The number of pyridine rings is 1. The van der Waals surface area contributed by atoms with Gasteiger partial charge in [0, 0.05) is 23.1 Å². The van der Waals surface area contributed by atoms with Crippen molar-refractivity contribution in [3.8, 4) is 0 Å². The molecular weight excluding hydrogens is 480 g/mol. The maximum Gasteiger partial charge on any atom is 0.270 e. The molecule has 0 unspecified atom stereocenters. The van der Waals surface area contributed by atoms with Crippen LogP contribution in [0.2, 0.25) is 0 Å². The van der Waals surface area contributed by atoms with E-state index in [0.29, 0.717) is 35.5 Å². The van der Waals surface area contributed by atoms with E-state index in [2.05, 4.69) is 15.9 Å². The van der Waals surface area contributed by atoms with E-state index in [4.69, 9.17) is 0 Å². The summed E-state index contributed by atoms with van der Waals surface area (Å²) in [5.41, 5.74) is 0.736. The normalized spacial score (nSPS) is 14.4. The summed E-state index contributed by atoms with van der Waals surface area (Å²) in [6.07, 6.45) is 7.11. The summed E-state index contributed by atoms with van der Waals surface area (Å²) in [5.74, 6) is -0.0880. The zero-order valence-electron chi connectivity index (χ0n) is 18.9. The number of carbonyl (C=O) groups excluding carboxylic acids is 2. The number of carbonyl (C=O) groups is 2. The van der Waals surface area contributed by atoms with Crippen LogP contribution in [-0.2, 0) is 0 Å². The Hall–Kier alpha value is -2.73. The van der Waals surface area contributed by atoms with Crippen LogP contribution in [0.5, 0.6) is 0 Å². The van der Waals surface area contributed by atoms with Gasteiger partial charge in [-0.3, -0.25) is 14.4 Å². The molecule has 2 aromatic carbocycles. The lowest BCUT2D eigenvalue weighted by atomic mass is 9.86. The van der Waals surface area contributed by atoms with E-state index >= 15 is 0 Å². The summed E-state index contributed by atoms with van der Waals surface area (Å²) < 4.78 is 2.13. The van der Waals surface area contributed by atoms with E-state index in [1.165, 1.54) is 23.8 Å². The van der Waals surface area contributed by atoms with Crippen molar-refractivity contribution < 1.29 is 9.59 Å². The molecule has 1 aliphatic rings. The van der Waals surface area contributed by atoms with Gasteiger partial charge in [-0.05, 0) is 61.0 Å². The average molecular weight is 509 g/mol. The van der Waals surface area contributed by atoms with Gasteiger partial charge in [0.05, 0.1) is 5.52 Å². The lowest BCUT2D eigenvalue weighted by molar-refractivity contribution is 0.0890. The van der Waals surface area contributed by atoms with Gasteiger partial charge in [-0.2, -0.15) is 0 Å². The van der Waals surface area contributed by atoms with Gasteiger partial charge in [-0.25, -0.2) is 4.57 Å². The van der Waals surface area contributed by atoms with E-state index in [0.717, 1.165) is 23.7 Å². The smallest absolute Gasteiger partial charge is 0.270 e. The number of halogens is 1. The summed E-state index contributed by atoms with van der Waals surface area (Å²) in [4.78, 5) is 41.8. The highest BCUT2D eigenvalue weighted by atomic mass is 79.9. The maximum absolute atomic E-state index is 13.5. The van der Waals surface area contributed by atoms with Crippen molar-refractivity contribution in [2.24, 2.45) is 5.92 Å². The molecule has 1 aliphatic carbocycles. The molecule has 0 aliphatic heterocycles. The van der Waals surface area contributed by atoms with E-state index < -0.39 is 11.5 Å². The fraction of sp³-hybridized carbons (Fsp3) is 0.370. The zero-order chi connectivity index (χ0) is 23.4. The van der Waals surface area contributed by atoms with Crippen LogP contribution in [-0.4, -0.2) is 22.9 Å². The van der Waals surface area contributed by atoms with Gasteiger partial charge in [0.25, 0.3) is 11.5 Å². The highest BCUT2D eigenvalue weighted by Crippen LogP contribution is 2.28. The number of fused-ring (bicyclic) bond motifs is 1. The van der Waals surface area contributed by atoms with Crippen LogP contribution in [0.15, 0.2) is 63.9 Å². The largest absolute Gasteiger partial charge is 0.308 e. The molecule has 0 saturated heterocycles. The first-order valence-corrected chi connectivity index (χ1v) is 12.5. The number of para-hydroxylation sites is 1. The predicted octanol–water partition coefficient (Wildman–Crippen LogP) is 6.43. The molecule has 0 radical (unpaired) electrons. The number of rotatable bonds is 6. The third kappa shape index (κ3) is 5.11. The van der Waals surface area contributed by atoms with Gasteiger partial charge < -0.3 is 4.90 Å². The predicted molar refractivity (Wildman–Crippen MR) is 136 cm³/mol. The first-order valence-electron chi connectivity index (χ1n) is 11.7. The average Bonchev–Trinajstić information content (AvgIpc) is 2.84. The number of aromatic nitrogens is 1. The fourth-order valence-corrected chi connectivity index (χ4v) is 5.05. The van der Waals surface area contributed by atoms with E-state index in [-0.39, 0.29) is 11.5 Å². The number of hydrogen-bond donors (Lipinski definition) is 0. The Balaban J connectivity index is 1.71. The second kappa shape index (κ2) is 10.5. The first kappa shape index (κ1) is 23.4. The molecule has 3 aromatic rings. The Bertz CT molecular complexity index is 1210. The summed E-state index contributed by atoms with van der Waals surface area (Å²) in [5, 5.41) is 0.707. The molecule has 5 nitrogen and oxygen atoms in total. The molecule has 33 heavy (non-hydrogen) atoms. The number of hydrogen-bond acceptors (Lipinski definition) is 3. The monoisotopic (exact) mass is 508 g/mol. The van der Waals surface area contributed by atoms with E-state index in [9.17, 15) is 14.4 Å². The van der Waals surface area contributed by atoms with Gasteiger partial charge in [-0.1, -0.05) is 66.2 Å². The SMILES string of the molecule is CCN(C(=O)c1cc2ccccc2n(C(=O)CCC2CCCCC2)c1=O)c1ccc(Br)cc1. The molecule has 172 valence electrons. The van der Waals surface area contributed by atoms with Crippen LogP contribution in [0.25, 0.3) is 10.9 Å². The number of nitrogens with zero attached hydrogens (tertiary/aromatic N) is 2. The zero-order valence-corrected chi connectivity index (χ0v) is 20.5. The number of anilines is 1. The number of benzene rings is 2. The minimum atomic E-state index is -0.539. The minimum Gasteiger partial charge on any atom is -0.308 e. The summed E-state index contributed by atoms with van der Waals surface area (Å²) in [6.45, 7) is 2.28. The van der Waals surface area contributed by atoms with Gasteiger partial charge in [0.15, 0.2) is 0 Å². The highest BCUT2D eigenvalue weighted by Gasteiger charge is 2.24. The Morgan fingerprint density at radius 2 is 1.73 bits per heavy atom. The van der Waals surface area contributed by atoms with Gasteiger partial charge in [0.2, 0.25) is 5.91 Å². The van der Waals surface area contributed by atoms with Crippen molar-refractivity contribution in [2.45, 2.75) is 51.9 Å². The van der Waals surface area contributed by atoms with Gasteiger partial charge in [-0.15, -0.1) is 0 Å². The van der Waals surface area contributed by atoms with Crippen LogP contribution < -0.4 is 10.5 Å². The Morgan fingerprint density at radius 1 is 1.03 bits per heavy atom. The van der Waals surface area contributed by atoms with Crippen molar-refractivity contribution in [2.75, 3.05) is 11.4 Å². The first-order chi connectivity index (χ1) is 16.0. The Kier molecular flexibility index (Phi) is 7.43. The summed E-state index contributed by atoms with van der Waals surface area (Å²) in [7, 11) is 0. The molecule has 6 heteroatoms.